The minimum atomic E-state index is -0.159. The maximum absolute atomic E-state index is 12.8. The van der Waals surface area contributed by atoms with Gasteiger partial charge in [-0.2, -0.15) is 5.10 Å². The van der Waals surface area contributed by atoms with Gasteiger partial charge in [0.15, 0.2) is 17.3 Å². The van der Waals surface area contributed by atoms with Gasteiger partial charge in [0.05, 0.1) is 45.0 Å². The number of carbonyl (C=O) groups is 1. The molecule has 0 saturated carbocycles. The first-order valence-corrected chi connectivity index (χ1v) is 10.4. The SMILES string of the molecule is COc1cccc(NC(=O)N2CCN(c3cnnc(N4CCOCC4)c3)CC2)c1OC. The van der Waals surface area contributed by atoms with Crippen molar-refractivity contribution in [2.45, 2.75) is 0 Å². The molecule has 4 rings (SSSR count). The Morgan fingerprint density at radius 1 is 1.03 bits per heavy atom. The van der Waals surface area contributed by atoms with Crippen molar-refractivity contribution in [2.75, 3.05) is 81.8 Å². The third-order valence-electron chi connectivity index (χ3n) is 5.54. The smallest absolute Gasteiger partial charge is 0.322 e. The van der Waals surface area contributed by atoms with E-state index in [4.69, 9.17) is 14.2 Å². The van der Waals surface area contributed by atoms with Crippen LogP contribution >= 0.6 is 0 Å². The lowest BCUT2D eigenvalue weighted by Gasteiger charge is -2.36. The zero-order chi connectivity index (χ0) is 21.6. The van der Waals surface area contributed by atoms with E-state index in [1.165, 1.54) is 0 Å². The summed E-state index contributed by atoms with van der Waals surface area (Å²) in [7, 11) is 3.13. The van der Waals surface area contributed by atoms with E-state index in [-0.39, 0.29) is 6.03 Å². The number of methoxy groups -OCH3 is 2. The largest absolute Gasteiger partial charge is 0.493 e. The van der Waals surface area contributed by atoms with Crippen LogP contribution < -0.4 is 24.6 Å². The average molecular weight is 428 g/mol. The number of morpholine rings is 1. The maximum Gasteiger partial charge on any atom is 0.322 e. The number of nitrogens with one attached hydrogen (secondary N) is 1. The number of ether oxygens (including phenoxy) is 3. The van der Waals surface area contributed by atoms with E-state index in [0.29, 0.717) is 43.5 Å². The third kappa shape index (κ3) is 4.74. The lowest BCUT2D eigenvalue weighted by atomic mass is 10.2. The number of hydrogen-bond donors (Lipinski definition) is 1. The molecule has 166 valence electrons. The number of rotatable bonds is 5. The van der Waals surface area contributed by atoms with Gasteiger partial charge in [0, 0.05) is 45.3 Å². The Balaban J connectivity index is 1.36. The van der Waals surface area contributed by atoms with Crippen molar-refractivity contribution in [1.82, 2.24) is 15.1 Å². The predicted octanol–water partition coefficient (Wildman–Crippen LogP) is 1.68. The fraction of sp³-hybridized carbons (Fsp3) is 0.476. The van der Waals surface area contributed by atoms with Gasteiger partial charge in [-0.05, 0) is 12.1 Å². The van der Waals surface area contributed by atoms with Crippen LogP contribution in [0.4, 0.5) is 22.0 Å². The van der Waals surface area contributed by atoms with Crippen LogP contribution in [0.5, 0.6) is 11.5 Å². The van der Waals surface area contributed by atoms with Crippen LogP contribution in [0, 0.1) is 0 Å². The second-order valence-corrected chi connectivity index (χ2v) is 7.32. The summed E-state index contributed by atoms with van der Waals surface area (Å²) in [5.74, 6) is 1.95. The standard InChI is InChI=1S/C21H28N6O4/c1-29-18-5-3-4-17(20(18)30-2)23-21(28)27-8-6-25(7-9-27)16-14-19(24-22-15-16)26-10-12-31-13-11-26/h3-5,14-15H,6-13H2,1-2H3,(H,23,28). The average Bonchev–Trinajstić information content (AvgIpc) is 2.84. The Hall–Kier alpha value is -3.27. The van der Waals surface area contributed by atoms with Gasteiger partial charge in [0.2, 0.25) is 0 Å². The number of anilines is 3. The highest BCUT2D eigenvalue weighted by Crippen LogP contribution is 2.34. The summed E-state index contributed by atoms with van der Waals surface area (Å²) < 4.78 is 16.1. The molecule has 2 aliphatic rings. The molecule has 10 nitrogen and oxygen atoms in total. The van der Waals surface area contributed by atoms with Crippen molar-refractivity contribution in [3.63, 3.8) is 0 Å². The molecule has 2 fully saturated rings. The van der Waals surface area contributed by atoms with E-state index >= 15 is 0 Å². The number of aromatic nitrogens is 2. The molecule has 2 aliphatic heterocycles. The van der Waals surface area contributed by atoms with Gasteiger partial charge in [-0.15, -0.1) is 5.10 Å². The number of hydrogen-bond acceptors (Lipinski definition) is 8. The molecule has 1 N–H and O–H groups in total. The van der Waals surface area contributed by atoms with Crippen LogP contribution in [0.2, 0.25) is 0 Å². The van der Waals surface area contributed by atoms with Gasteiger partial charge in [-0.3, -0.25) is 0 Å². The first kappa shape index (κ1) is 21.0. The molecule has 2 aromatic rings. The molecule has 31 heavy (non-hydrogen) atoms. The van der Waals surface area contributed by atoms with E-state index in [2.05, 4.69) is 31.4 Å². The van der Waals surface area contributed by atoms with Gasteiger partial charge in [0.1, 0.15) is 0 Å². The molecule has 0 radical (unpaired) electrons. The van der Waals surface area contributed by atoms with Crippen LogP contribution in [-0.4, -0.2) is 87.8 Å². The van der Waals surface area contributed by atoms with Crippen LogP contribution in [0.15, 0.2) is 30.5 Å². The maximum atomic E-state index is 12.8. The number of urea groups is 1. The number of nitrogens with zero attached hydrogens (tertiary/aromatic N) is 5. The second kappa shape index (κ2) is 9.69. The van der Waals surface area contributed by atoms with E-state index in [1.807, 2.05) is 6.07 Å². The lowest BCUT2D eigenvalue weighted by Crippen LogP contribution is -2.50. The number of para-hydroxylation sites is 1. The zero-order valence-electron chi connectivity index (χ0n) is 17.9. The molecule has 0 spiro atoms. The summed E-state index contributed by atoms with van der Waals surface area (Å²) >= 11 is 0. The minimum absolute atomic E-state index is 0.159. The Morgan fingerprint density at radius 2 is 1.81 bits per heavy atom. The molecule has 0 bridgehead atoms. The van der Waals surface area contributed by atoms with Crippen LogP contribution in [-0.2, 0) is 4.74 Å². The number of piperazine rings is 1. The molecule has 0 unspecified atom stereocenters. The molecule has 0 aliphatic carbocycles. The highest BCUT2D eigenvalue weighted by atomic mass is 16.5. The van der Waals surface area contributed by atoms with Crippen molar-refractivity contribution in [1.29, 1.82) is 0 Å². The van der Waals surface area contributed by atoms with Gasteiger partial charge >= 0.3 is 6.03 Å². The Morgan fingerprint density at radius 3 is 2.52 bits per heavy atom. The fourth-order valence-electron chi connectivity index (χ4n) is 3.81. The number of amides is 2. The molecule has 2 saturated heterocycles. The molecule has 10 heteroatoms. The molecule has 3 heterocycles. The van der Waals surface area contributed by atoms with Crippen molar-refractivity contribution >= 4 is 23.2 Å². The monoisotopic (exact) mass is 428 g/mol. The molecule has 0 atom stereocenters. The second-order valence-electron chi connectivity index (χ2n) is 7.32. The molecule has 2 amide bonds. The summed E-state index contributed by atoms with van der Waals surface area (Å²) in [6, 6.07) is 7.31. The van der Waals surface area contributed by atoms with Crippen molar-refractivity contribution in [3.8, 4) is 11.5 Å². The van der Waals surface area contributed by atoms with Crippen molar-refractivity contribution < 1.29 is 19.0 Å². The minimum Gasteiger partial charge on any atom is -0.493 e. The van der Waals surface area contributed by atoms with Crippen LogP contribution in [0.1, 0.15) is 0 Å². The normalized spacial score (nSPS) is 16.8. The summed E-state index contributed by atoms with van der Waals surface area (Å²) in [5, 5.41) is 11.4. The summed E-state index contributed by atoms with van der Waals surface area (Å²) in [6.07, 6.45) is 1.78. The Labute approximate surface area is 181 Å². The summed E-state index contributed by atoms with van der Waals surface area (Å²) in [4.78, 5) is 19.0. The van der Waals surface area contributed by atoms with Crippen LogP contribution in [0.3, 0.4) is 0 Å². The Kier molecular flexibility index (Phi) is 6.56. The lowest BCUT2D eigenvalue weighted by molar-refractivity contribution is 0.122. The Bertz CT molecular complexity index is 897. The molecular weight excluding hydrogens is 400 g/mol. The fourth-order valence-corrected chi connectivity index (χ4v) is 3.81. The van der Waals surface area contributed by atoms with Crippen molar-refractivity contribution in [3.05, 3.63) is 30.5 Å². The van der Waals surface area contributed by atoms with Crippen molar-refractivity contribution in [2.24, 2.45) is 0 Å². The highest BCUT2D eigenvalue weighted by Gasteiger charge is 2.24. The first-order chi connectivity index (χ1) is 15.2. The number of carbonyl (C=O) groups excluding carboxylic acids is 1. The van der Waals surface area contributed by atoms with Gasteiger partial charge < -0.3 is 34.2 Å². The van der Waals surface area contributed by atoms with E-state index < -0.39 is 0 Å². The predicted molar refractivity (Wildman–Crippen MR) is 117 cm³/mol. The molecule has 1 aromatic carbocycles. The molecular formula is C21H28N6O4. The quantitative estimate of drug-likeness (QED) is 0.769. The third-order valence-corrected chi connectivity index (χ3v) is 5.54. The van der Waals surface area contributed by atoms with Gasteiger partial charge in [0.25, 0.3) is 0 Å². The summed E-state index contributed by atoms with van der Waals surface area (Å²) in [6.45, 7) is 5.70. The molecule has 1 aromatic heterocycles. The highest BCUT2D eigenvalue weighted by molar-refractivity contribution is 5.91. The zero-order valence-corrected chi connectivity index (χ0v) is 17.9. The topological polar surface area (TPSA) is 92.3 Å². The van der Waals surface area contributed by atoms with E-state index in [0.717, 1.165) is 37.7 Å². The van der Waals surface area contributed by atoms with E-state index in [9.17, 15) is 4.79 Å². The van der Waals surface area contributed by atoms with E-state index in [1.54, 1.807) is 37.4 Å². The number of benzene rings is 1. The summed E-state index contributed by atoms with van der Waals surface area (Å²) in [5.41, 5.74) is 1.61. The van der Waals surface area contributed by atoms with Gasteiger partial charge in [-0.25, -0.2) is 4.79 Å². The van der Waals surface area contributed by atoms with Gasteiger partial charge in [-0.1, -0.05) is 6.07 Å². The van der Waals surface area contributed by atoms with Crippen LogP contribution in [0.25, 0.3) is 0 Å². The first-order valence-electron chi connectivity index (χ1n) is 10.4.